The molecule has 0 saturated carbocycles. The molecule has 2 aromatic heterocycles. The number of para-hydroxylation sites is 1. The Labute approximate surface area is 165 Å². The summed E-state index contributed by atoms with van der Waals surface area (Å²) in [5.41, 5.74) is 2.18. The number of alkyl halides is 3. The molecule has 0 aliphatic carbocycles. The topological polar surface area (TPSA) is 51.0 Å². The summed E-state index contributed by atoms with van der Waals surface area (Å²) in [7, 11) is 0. The molecule has 0 saturated heterocycles. The Kier molecular flexibility index (Phi) is 5.03. The summed E-state index contributed by atoms with van der Waals surface area (Å²) >= 11 is 0. The van der Waals surface area contributed by atoms with Gasteiger partial charge in [0.15, 0.2) is 5.76 Å². The van der Waals surface area contributed by atoms with E-state index in [0.717, 1.165) is 28.9 Å². The molecule has 0 fully saturated rings. The van der Waals surface area contributed by atoms with E-state index in [9.17, 15) is 13.2 Å². The monoisotopic (exact) mass is 395 g/mol. The van der Waals surface area contributed by atoms with Gasteiger partial charge in [0.2, 0.25) is 5.89 Å². The fraction of sp³-hybridized carbons (Fsp3) is 0.0909. The van der Waals surface area contributed by atoms with Crippen molar-refractivity contribution in [1.29, 1.82) is 0 Å². The molecule has 146 valence electrons. The lowest BCUT2D eigenvalue weighted by molar-refractivity contribution is -0.137. The minimum Gasteiger partial charge on any atom is -0.436 e. The highest BCUT2D eigenvalue weighted by atomic mass is 19.4. The number of anilines is 1. The van der Waals surface area contributed by atoms with Crippen LogP contribution in [0.4, 0.5) is 18.9 Å². The number of hydrogen-bond acceptors (Lipinski definition) is 4. The SMILES string of the molecule is FC(F)(F)c1cccc(-c2cnc(-c3ccccc3NCc3ccncc3)o2)c1. The van der Waals surface area contributed by atoms with E-state index in [2.05, 4.69) is 15.3 Å². The highest BCUT2D eigenvalue weighted by Crippen LogP contribution is 2.34. The number of nitrogens with one attached hydrogen (secondary N) is 1. The molecular weight excluding hydrogens is 379 g/mol. The Morgan fingerprint density at radius 1 is 0.931 bits per heavy atom. The summed E-state index contributed by atoms with van der Waals surface area (Å²) in [4.78, 5) is 8.27. The van der Waals surface area contributed by atoms with Crippen LogP contribution in [0.25, 0.3) is 22.8 Å². The van der Waals surface area contributed by atoms with Gasteiger partial charge >= 0.3 is 6.18 Å². The second-order valence-electron chi connectivity index (χ2n) is 6.36. The molecule has 2 aromatic carbocycles. The van der Waals surface area contributed by atoms with E-state index in [1.807, 2.05) is 36.4 Å². The molecule has 0 bridgehead atoms. The summed E-state index contributed by atoms with van der Waals surface area (Å²) in [6.07, 6.45) is 0.462. The van der Waals surface area contributed by atoms with Crippen molar-refractivity contribution in [2.45, 2.75) is 12.7 Å². The van der Waals surface area contributed by atoms with Crippen LogP contribution in [0.2, 0.25) is 0 Å². The van der Waals surface area contributed by atoms with Crippen LogP contribution in [0.15, 0.2) is 83.7 Å². The molecule has 0 unspecified atom stereocenters. The van der Waals surface area contributed by atoms with Gasteiger partial charge in [0.1, 0.15) is 0 Å². The normalized spacial score (nSPS) is 11.4. The smallest absolute Gasteiger partial charge is 0.416 e. The van der Waals surface area contributed by atoms with Crippen LogP contribution in [0.5, 0.6) is 0 Å². The Hall–Kier alpha value is -3.61. The van der Waals surface area contributed by atoms with Crippen LogP contribution in [0.3, 0.4) is 0 Å². The van der Waals surface area contributed by atoms with Crippen molar-refractivity contribution in [1.82, 2.24) is 9.97 Å². The molecule has 0 atom stereocenters. The standard InChI is InChI=1S/C22H16F3N3O/c23-22(24,25)17-5-3-4-16(12-17)20-14-28-21(29-20)18-6-1-2-7-19(18)27-13-15-8-10-26-11-9-15/h1-12,14,27H,13H2. The number of oxazole rings is 1. The molecule has 2 heterocycles. The van der Waals surface area contributed by atoms with Crippen LogP contribution in [0, 0.1) is 0 Å². The number of aromatic nitrogens is 2. The first-order chi connectivity index (χ1) is 14.0. The third-order valence-corrected chi connectivity index (χ3v) is 4.37. The van der Waals surface area contributed by atoms with Crippen LogP contribution in [-0.2, 0) is 12.7 Å². The van der Waals surface area contributed by atoms with Crippen molar-refractivity contribution >= 4 is 5.69 Å². The molecule has 4 nitrogen and oxygen atoms in total. The van der Waals surface area contributed by atoms with Gasteiger partial charge in [-0.2, -0.15) is 13.2 Å². The molecule has 0 aliphatic heterocycles. The van der Waals surface area contributed by atoms with E-state index in [0.29, 0.717) is 18.0 Å². The van der Waals surface area contributed by atoms with Gasteiger partial charge in [-0.15, -0.1) is 0 Å². The van der Waals surface area contributed by atoms with Gasteiger partial charge in [-0.1, -0.05) is 24.3 Å². The molecule has 0 amide bonds. The van der Waals surface area contributed by atoms with E-state index in [-0.39, 0.29) is 5.76 Å². The van der Waals surface area contributed by atoms with Crippen LogP contribution >= 0.6 is 0 Å². The number of benzene rings is 2. The van der Waals surface area contributed by atoms with Gasteiger partial charge in [-0.25, -0.2) is 4.98 Å². The van der Waals surface area contributed by atoms with Crippen molar-refractivity contribution in [2.75, 3.05) is 5.32 Å². The molecule has 4 rings (SSSR count). The average Bonchev–Trinajstić information content (AvgIpc) is 3.23. The van der Waals surface area contributed by atoms with Gasteiger partial charge in [0.05, 0.1) is 17.3 Å². The number of nitrogens with zero attached hydrogens (tertiary/aromatic N) is 2. The Bertz CT molecular complexity index is 1110. The molecule has 0 aliphatic rings. The molecule has 29 heavy (non-hydrogen) atoms. The third kappa shape index (κ3) is 4.29. The number of halogens is 3. The largest absolute Gasteiger partial charge is 0.436 e. The van der Waals surface area contributed by atoms with Crippen molar-refractivity contribution in [3.8, 4) is 22.8 Å². The minimum atomic E-state index is -4.41. The van der Waals surface area contributed by atoms with E-state index in [1.165, 1.54) is 12.3 Å². The summed E-state index contributed by atoms with van der Waals surface area (Å²) in [5, 5.41) is 3.33. The van der Waals surface area contributed by atoms with Gasteiger partial charge < -0.3 is 9.73 Å². The molecule has 7 heteroatoms. The predicted octanol–water partition coefficient (Wildman–Crippen LogP) is 6.03. The zero-order valence-corrected chi connectivity index (χ0v) is 15.1. The molecule has 0 spiro atoms. The summed E-state index contributed by atoms with van der Waals surface area (Å²) in [6.45, 7) is 0.584. The molecular formula is C22H16F3N3O. The maximum absolute atomic E-state index is 13.0. The predicted molar refractivity (Wildman–Crippen MR) is 104 cm³/mol. The van der Waals surface area contributed by atoms with E-state index < -0.39 is 11.7 Å². The first-order valence-corrected chi connectivity index (χ1v) is 8.86. The zero-order chi connectivity index (χ0) is 20.3. The highest BCUT2D eigenvalue weighted by molar-refractivity contribution is 5.73. The second-order valence-corrected chi connectivity index (χ2v) is 6.36. The van der Waals surface area contributed by atoms with Gasteiger partial charge in [0.25, 0.3) is 0 Å². The lowest BCUT2D eigenvalue weighted by Gasteiger charge is -2.10. The number of hydrogen-bond donors (Lipinski definition) is 1. The maximum Gasteiger partial charge on any atom is 0.416 e. The highest BCUT2D eigenvalue weighted by Gasteiger charge is 2.30. The first-order valence-electron chi connectivity index (χ1n) is 8.86. The third-order valence-electron chi connectivity index (χ3n) is 4.37. The van der Waals surface area contributed by atoms with Crippen molar-refractivity contribution in [3.63, 3.8) is 0 Å². The summed E-state index contributed by atoms with van der Waals surface area (Å²) in [5.74, 6) is 0.602. The Balaban J connectivity index is 1.60. The van der Waals surface area contributed by atoms with Crippen molar-refractivity contribution in [2.24, 2.45) is 0 Å². The lowest BCUT2D eigenvalue weighted by atomic mass is 10.1. The maximum atomic E-state index is 13.0. The van der Waals surface area contributed by atoms with E-state index in [4.69, 9.17) is 4.42 Å². The zero-order valence-electron chi connectivity index (χ0n) is 15.1. The lowest BCUT2D eigenvalue weighted by Crippen LogP contribution is -2.04. The van der Waals surface area contributed by atoms with Gasteiger partial charge in [-0.3, -0.25) is 4.98 Å². The molecule has 1 N–H and O–H groups in total. The van der Waals surface area contributed by atoms with E-state index >= 15 is 0 Å². The Morgan fingerprint density at radius 2 is 1.72 bits per heavy atom. The van der Waals surface area contributed by atoms with Crippen LogP contribution in [0.1, 0.15) is 11.1 Å². The van der Waals surface area contributed by atoms with Crippen molar-refractivity contribution in [3.05, 3.63) is 90.4 Å². The Morgan fingerprint density at radius 3 is 2.52 bits per heavy atom. The van der Waals surface area contributed by atoms with Gasteiger partial charge in [0, 0.05) is 30.2 Å². The number of pyridine rings is 1. The summed E-state index contributed by atoms with van der Waals surface area (Å²) in [6, 6.07) is 16.3. The number of rotatable bonds is 5. The second kappa shape index (κ2) is 7.79. The summed E-state index contributed by atoms with van der Waals surface area (Å²) < 4.78 is 44.7. The fourth-order valence-electron chi connectivity index (χ4n) is 2.90. The average molecular weight is 395 g/mol. The van der Waals surface area contributed by atoms with Crippen molar-refractivity contribution < 1.29 is 17.6 Å². The molecule has 0 radical (unpaired) electrons. The fourth-order valence-corrected chi connectivity index (χ4v) is 2.90. The van der Waals surface area contributed by atoms with Crippen LogP contribution < -0.4 is 5.32 Å². The van der Waals surface area contributed by atoms with Crippen LogP contribution in [-0.4, -0.2) is 9.97 Å². The molecule has 4 aromatic rings. The van der Waals surface area contributed by atoms with E-state index in [1.54, 1.807) is 18.5 Å². The minimum absolute atomic E-state index is 0.273. The first kappa shape index (κ1) is 18.7. The van der Waals surface area contributed by atoms with Gasteiger partial charge in [-0.05, 0) is 42.0 Å². The quantitative estimate of drug-likeness (QED) is 0.448.